The zero-order valence-electron chi connectivity index (χ0n) is 14.6. The average Bonchev–Trinajstić information content (AvgIpc) is 3.10. The zero-order chi connectivity index (χ0) is 18.2. The molecule has 0 radical (unpaired) electrons. The minimum absolute atomic E-state index is 0.0171. The second kappa shape index (κ2) is 6.63. The summed E-state index contributed by atoms with van der Waals surface area (Å²) in [5, 5.41) is 21.1. The van der Waals surface area contributed by atoms with Gasteiger partial charge in [-0.2, -0.15) is 0 Å². The summed E-state index contributed by atoms with van der Waals surface area (Å²) in [4.78, 5) is 24.8. The molecule has 2 fully saturated rings. The van der Waals surface area contributed by atoms with Crippen LogP contribution in [0.25, 0.3) is 0 Å². The van der Waals surface area contributed by atoms with Crippen LogP contribution in [-0.2, 0) is 4.74 Å². The van der Waals surface area contributed by atoms with Crippen molar-refractivity contribution in [2.24, 2.45) is 5.41 Å². The number of para-hydroxylation sites is 1. The first-order chi connectivity index (χ1) is 11.9. The van der Waals surface area contributed by atoms with E-state index < -0.39 is 16.4 Å². The number of carbonyl (C=O) groups is 1. The van der Waals surface area contributed by atoms with Gasteiger partial charge in [0.05, 0.1) is 16.6 Å². The lowest BCUT2D eigenvalue weighted by Gasteiger charge is -2.57. The van der Waals surface area contributed by atoms with Crippen LogP contribution in [0.2, 0.25) is 0 Å². The molecule has 1 spiro atoms. The Labute approximate surface area is 146 Å². The summed E-state index contributed by atoms with van der Waals surface area (Å²) in [6.07, 6.45) is 5.25. The second-order valence-corrected chi connectivity index (χ2v) is 6.98. The number of carbonyl (C=O) groups excluding carboxylic acids is 1. The predicted octanol–water partition coefficient (Wildman–Crippen LogP) is 3.11. The van der Waals surface area contributed by atoms with E-state index in [1.54, 1.807) is 11.9 Å². The fraction of sp³-hybridized carbons (Fsp3) is 0.611. The van der Waals surface area contributed by atoms with Crippen molar-refractivity contribution in [2.45, 2.75) is 51.2 Å². The molecule has 0 bridgehead atoms. The van der Waals surface area contributed by atoms with Gasteiger partial charge in [-0.25, -0.2) is 0 Å². The van der Waals surface area contributed by atoms with Crippen LogP contribution in [0.4, 0.5) is 5.69 Å². The van der Waals surface area contributed by atoms with E-state index in [1.165, 1.54) is 18.2 Å². The third kappa shape index (κ3) is 2.76. The van der Waals surface area contributed by atoms with Crippen molar-refractivity contribution < 1.29 is 19.6 Å². The molecule has 0 aliphatic heterocycles. The van der Waals surface area contributed by atoms with Crippen molar-refractivity contribution in [2.75, 3.05) is 13.7 Å². The fourth-order valence-corrected chi connectivity index (χ4v) is 4.58. The number of aromatic hydroxyl groups is 1. The Kier molecular flexibility index (Phi) is 4.69. The molecule has 7 nitrogen and oxygen atoms in total. The van der Waals surface area contributed by atoms with Crippen LogP contribution in [0.1, 0.15) is 49.4 Å². The van der Waals surface area contributed by atoms with E-state index in [0.29, 0.717) is 6.61 Å². The number of amides is 1. The van der Waals surface area contributed by atoms with Gasteiger partial charge in [0.15, 0.2) is 0 Å². The van der Waals surface area contributed by atoms with Gasteiger partial charge < -0.3 is 14.7 Å². The highest BCUT2D eigenvalue weighted by Gasteiger charge is 2.59. The molecule has 3 rings (SSSR count). The minimum Gasteiger partial charge on any atom is -0.502 e. The number of hydrogen-bond donors (Lipinski definition) is 1. The van der Waals surface area contributed by atoms with E-state index in [4.69, 9.17) is 4.74 Å². The Morgan fingerprint density at radius 2 is 2.12 bits per heavy atom. The van der Waals surface area contributed by atoms with Gasteiger partial charge in [-0.05, 0) is 32.3 Å². The molecule has 2 atom stereocenters. The first kappa shape index (κ1) is 17.7. The van der Waals surface area contributed by atoms with Gasteiger partial charge in [0.2, 0.25) is 5.75 Å². The first-order valence-electron chi connectivity index (χ1n) is 8.77. The summed E-state index contributed by atoms with van der Waals surface area (Å²) < 4.78 is 5.88. The number of ether oxygens (including phenoxy) is 1. The predicted molar refractivity (Wildman–Crippen MR) is 91.6 cm³/mol. The Morgan fingerprint density at radius 1 is 1.44 bits per heavy atom. The number of nitro groups is 1. The maximum absolute atomic E-state index is 12.9. The van der Waals surface area contributed by atoms with Crippen molar-refractivity contribution in [3.8, 4) is 5.75 Å². The highest BCUT2D eigenvalue weighted by molar-refractivity contribution is 5.98. The maximum atomic E-state index is 12.9. The van der Waals surface area contributed by atoms with Crippen LogP contribution in [0, 0.1) is 15.5 Å². The number of hydrogen-bond acceptors (Lipinski definition) is 5. The maximum Gasteiger partial charge on any atom is 0.311 e. The Bertz CT molecular complexity index is 684. The molecule has 2 saturated carbocycles. The molecule has 2 aliphatic carbocycles. The third-order valence-corrected chi connectivity index (χ3v) is 5.87. The first-order valence-corrected chi connectivity index (χ1v) is 8.77. The Hall–Kier alpha value is -2.15. The van der Waals surface area contributed by atoms with Crippen LogP contribution in [0.3, 0.4) is 0 Å². The molecule has 1 N–H and O–H groups in total. The van der Waals surface area contributed by atoms with E-state index in [-0.39, 0.29) is 29.0 Å². The molecule has 1 aromatic carbocycles. The quantitative estimate of drug-likeness (QED) is 0.652. The fourth-order valence-electron chi connectivity index (χ4n) is 4.58. The molecule has 0 unspecified atom stereocenters. The molecular formula is C18H24N2O5. The largest absolute Gasteiger partial charge is 0.502 e. The molecule has 136 valence electrons. The SMILES string of the molecule is CCO[C@H]1C[C@@H](N(C)C(=O)c2cccc([N+](=O)[O-])c2O)C12CCCC2. The normalized spacial score (nSPS) is 24.1. The number of phenols is 1. The van der Waals surface area contributed by atoms with Crippen molar-refractivity contribution >= 4 is 11.6 Å². The lowest BCUT2D eigenvalue weighted by Crippen LogP contribution is -2.64. The standard InChI is InChI=1S/C18H24N2O5/c1-3-25-15-11-14(18(15)9-4-5-10-18)19(2)17(22)12-7-6-8-13(16(12)21)20(23)24/h6-8,14-15,21H,3-5,9-11H2,1-2H3/t14-,15+/m1/s1. The molecule has 25 heavy (non-hydrogen) atoms. The molecule has 1 amide bonds. The number of rotatable bonds is 5. The Morgan fingerprint density at radius 3 is 2.72 bits per heavy atom. The summed E-state index contributed by atoms with van der Waals surface area (Å²) in [6, 6.07) is 4.09. The Balaban J connectivity index is 1.84. The average molecular weight is 348 g/mol. The number of nitrogens with zero attached hydrogens (tertiary/aromatic N) is 2. The van der Waals surface area contributed by atoms with Crippen LogP contribution in [0.15, 0.2) is 18.2 Å². The highest BCUT2D eigenvalue weighted by atomic mass is 16.6. The summed E-state index contributed by atoms with van der Waals surface area (Å²) in [7, 11) is 1.72. The zero-order valence-corrected chi connectivity index (χ0v) is 14.6. The van der Waals surface area contributed by atoms with Gasteiger partial charge in [0, 0.05) is 31.2 Å². The smallest absolute Gasteiger partial charge is 0.311 e. The van der Waals surface area contributed by atoms with E-state index in [0.717, 1.165) is 32.1 Å². The van der Waals surface area contributed by atoms with E-state index in [9.17, 15) is 20.0 Å². The monoisotopic (exact) mass is 348 g/mol. The summed E-state index contributed by atoms with van der Waals surface area (Å²) >= 11 is 0. The molecule has 0 saturated heterocycles. The van der Waals surface area contributed by atoms with Gasteiger partial charge in [0.1, 0.15) is 0 Å². The molecule has 2 aliphatic rings. The van der Waals surface area contributed by atoms with E-state index in [2.05, 4.69) is 0 Å². The van der Waals surface area contributed by atoms with E-state index >= 15 is 0 Å². The van der Waals surface area contributed by atoms with Gasteiger partial charge in [0.25, 0.3) is 5.91 Å². The summed E-state index contributed by atoms with van der Waals surface area (Å²) in [5.74, 6) is -0.946. The van der Waals surface area contributed by atoms with Crippen LogP contribution < -0.4 is 0 Å². The number of phenolic OH excluding ortho intramolecular Hbond substituents is 1. The molecule has 0 heterocycles. The third-order valence-electron chi connectivity index (χ3n) is 5.87. The lowest BCUT2D eigenvalue weighted by atomic mass is 9.60. The van der Waals surface area contributed by atoms with Gasteiger partial charge in [-0.3, -0.25) is 14.9 Å². The molecule has 1 aromatic rings. The molecule has 7 heteroatoms. The number of nitro benzene ring substituents is 1. The van der Waals surface area contributed by atoms with E-state index in [1.807, 2.05) is 6.92 Å². The highest BCUT2D eigenvalue weighted by Crippen LogP contribution is 2.56. The van der Waals surface area contributed by atoms with Crippen molar-refractivity contribution in [1.82, 2.24) is 4.90 Å². The van der Waals surface area contributed by atoms with Crippen LogP contribution in [-0.4, -0.2) is 46.6 Å². The molecule has 0 aromatic heterocycles. The van der Waals surface area contributed by atoms with Gasteiger partial charge >= 0.3 is 5.69 Å². The van der Waals surface area contributed by atoms with Gasteiger partial charge in [-0.1, -0.05) is 18.9 Å². The molecular weight excluding hydrogens is 324 g/mol. The summed E-state index contributed by atoms with van der Waals surface area (Å²) in [6.45, 7) is 2.63. The van der Waals surface area contributed by atoms with Crippen molar-refractivity contribution in [3.05, 3.63) is 33.9 Å². The topological polar surface area (TPSA) is 92.9 Å². The van der Waals surface area contributed by atoms with Crippen molar-refractivity contribution in [3.63, 3.8) is 0 Å². The summed E-state index contributed by atoms with van der Waals surface area (Å²) in [5.41, 5.74) is -0.489. The minimum atomic E-state index is -0.682. The van der Waals surface area contributed by atoms with Crippen LogP contribution >= 0.6 is 0 Å². The lowest BCUT2D eigenvalue weighted by molar-refractivity contribution is -0.385. The van der Waals surface area contributed by atoms with Gasteiger partial charge in [-0.15, -0.1) is 0 Å². The second-order valence-electron chi connectivity index (χ2n) is 6.98. The van der Waals surface area contributed by atoms with Crippen LogP contribution in [0.5, 0.6) is 5.75 Å². The van der Waals surface area contributed by atoms with Crippen molar-refractivity contribution in [1.29, 1.82) is 0 Å². The number of benzene rings is 1.